The number of carbonyl (C=O) groups is 3. The predicted molar refractivity (Wildman–Crippen MR) is 54.5 cm³/mol. The number of hydrogen-bond donors (Lipinski definition) is 1. The average Bonchev–Trinajstić information content (AvgIpc) is 2.23. The SMILES string of the molecule is CCOC(=O)CC(=O)C(C)CNC(=O)C(F)(F)F. The van der Waals surface area contributed by atoms with Crippen molar-refractivity contribution in [2.45, 2.75) is 26.4 Å². The quantitative estimate of drug-likeness (QED) is 0.572. The number of halogens is 3. The smallest absolute Gasteiger partial charge is 0.466 e. The number of nitrogens with one attached hydrogen (secondary N) is 1. The highest BCUT2D eigenvalue weighted by Crippen LogP contribution is 2.14. The van der Waals surface area contributed by atoms with Gasteiger partial charge < -0.3 is 10.1 Å². The zero-order chi connectivity index (χ0) is 14.3. The van der Waals surface area contributed by atoms with Gasteiger partial charge >= 0.3 is 18.1 Å². The summed E-state index contributed by atoms with van der Waals surface area (Å²) in [6.07, 6.45) is -5.50. The molecule has 1 atom stereocenters. The lowest BCUT2D eigenvalue weighted by Crippen LogP contribution is -2.40. The number of hydrogen-bond acceptors (Lipinski definition) is 4. The molecule has 0 saturated heterocycles. The van der Waals surface area contributed by atoms with Gasteiger partial charge in [-0.1, -0.05) is 6.92 Å². The van der Waals surface area contributed by atoms with Crippen LogP contribution in [0.2, 0.25) is 0 Å². The van der Waals surface area contributed by atoms with E-state index in [1.807, 2.05) is 0 Å². The minimum atomic E-state index is -4.98. The Balaban J connectivity index is 4.10. The molecule has 0 rings (SSSR count). The van der Waals surface area contributed by atoms with Crippen molar-refractivity contribution in [1.82, 2.24) is 5.32 Å². The third-order valence-electron chi connectivity index (χ3n) is 2.00. The summed E-state index contributed by atoms with van der Waals surface area (Å²) in [5.41, 5.74) is 0. The molecule has 1 N–H and O–H groups in total. The van der Waals surface area contributed by atoms with Crippen molar-refractivity contribution in [2.24, 2.45) is 5.92 Å². The maximum atomic E-state index is 11.8. The third-order valence-corrected chi connectivity index (χ3v) is 2.00. The first-order valence-corrected chi connectivity index (χ1v) is 5.21. The molecule has 0 bridgehead atoms. The van der Waals surface area contributed by atoms with Gasteiger partial charge in [0.1, 0.15) is 12.2 Å². The van der Waals surface area contributed by atoms with E-state index in [9.17, 15) is 27.6 Å². The average molecular weight is 269 g/mol. The number of amides is 1. The van der Waals surface area contributed by atoms with Gasteiger partial charge in [-0.3, -0.25) is 14.4 Å². The van der Waals surface area contributed by atoms with Gasteiger partial charge in [0.25, 0.3) is 0 Å². The zero-order valence-electron chi connectivity index (χ0n) is 9.97. The van der Waals surface area contributed by atoms with Crippen LogP contribution in [0.1, 0.15) is 20.3 Å². The summed E-state index contributed by atoms with van der Waals surface area (Å²) in [4.78, 5) is 32.8. The molecule has 0 aromatic heterocycles. The summed E-state index contributed by atoms with van der Waals surface area (Å²) in [6, 6.07) is 0. The van der Waals surface area contributed by atoms with Gasteiger partial charge in [-0.2, -0.15) is 13.2 Å². The molecule has 0 aliphatic carbocycles. The Bertz CT molecular complexity index is 328. The number of ketones is 1. The number of rotatable bonds is 6. The van der Waals surface area contributed by atoms with Crippen LogP contribution in [0.4, 0.5) is 13.2 Å². The highest BCUT2D eigenvalue weighted by molar-refractivity contribution is 5.97. The van der Waals surface area contributed by atoms with E-state index in [0.29, 0.717) is 0 Å². The van der Waals surface area contributed by atoms with Gasteiger partial charge in [-0.25, -0.2) is 0 Å². The Morgan fingerprint density at radius 1 is 1.28 bits per heavy atom. The van der Waals surface area contributed by atoms with E-state index in [4.69, 9.17) is 0 Å². The molecule has 0 aliphatic heterocycles. The number of ether oxygens (including phenoxy) is 1. The largest absolute Gasteiger partial charge is 0.471 e. The predicted octanol–water partition coefficient (Wildman–Crippen LogP) is 0.823. The lowest BCUT2D eigenvalue weighted by Gasteiger charge is -2.12. The second-order valence-electron chi connectivity index (χ2n) is 3.56. The van der Waals surface area contributed by atoms with Crippen LogP contribution in [-0.4, -0.2) is 37.0 Å². The Morgan fingerprint density at radius 2 is 1.83 bits per heavy atom. The number of esters is 1. The topological polar surface area (TPSA) is 72.5 Å². The van der Waals surface area contributed by atoms with E-state index in [0.717, 1.165) is 0 Å². The van der Waals surface area contributed by atoms with Gasteiger partial charge in [-0.05, 0) is 6.92 Å². The molecule has 0 saturated carbocycles. The number of Topliss-reactive ketones (excluding diaryl/α,β-unsaturated/α-hetero) is 1. The Hall–Kier alpha value is -1.60. The summed E-state index contributed by atoms with van der Waals surface area (Å²) < 4.78 is 40.0. The van der Waals surface area contributed by atoms with Crippen LogP contribution in [-0.2, 0) is 19.1 Å². The first-order chi connectivity index (χ1) is 8.18. The van der Waals surface area contributed by atoms with Crippen molar-refractivity contribution >= 4 is 17.7 Å². The van der Waals surface area contributed by atoms with E-state index >= 15 is 0 Å². The van der Waals surface area contributed by atoms with Gasteiger partial charge in [0.05, 0.1) is 6.61 Å². The highest BCUT2D eigenvalue weighted by Gasteiger charge is 2.38. The maximum absolute atomic E-state index is 11.8. The summed E-state index contributed by atoms with van der Waals surface area (Å²) in [5, 5.41) is 1.57. The van der Waals surface area contributed by atoms with Crippen LogP contribution in [0, 0.1) is 5.92 Å². The lowest BCUT2D eigenvalue weighted by atomic mass is 10.0. The van der Waals surface area contributed by atoms with Gasteiger partial charge in [0.15, 0.2) is 0 Å². The first-order valence-electron chi connectivity index (χ1n) is 5.21. The van der Waals surface area contributed by atoms with Crippen molar-refractivity contribution in [3.63, 3.8) is 0 Å². The van der Waals surface area contributed by atoms with E-state index in [2.05, 4.69) is 4.74 Å². The molecule has 1 unspecified atom stereocenters. The molecule has 0 aromatic rings. The molecular weight excluding hydrogens is 255 g/mol. The minimum absolute atomic E-state index is 0.116. The minimum Gasteiger partial charge on any atom is -0.466 e. The molecule has 0 heterocycles. The second-order valence-corrected chi connectivity index (χ2v) is 3.56. The van der Waals surface area contributed by atoms with E-state index in [1.54, 1.807) is 12.2 Å². The van der Waals surface area contributed by atoms with Crippen LogP contribution in [0.3, 0.4) is 0 Å². The first kappa shape index (κ1) is 16.4. The Morgan fingerprint density at radius 3 is 2.28 bits per heavy atom. The zero-order valence-corrected chi connectivity index (χ0v) is 9.97. The van der Waals surface area contributed by atoms with E-state index in [-0.39, 0.29) is 6.61 Å². The van der Waals surface area contributed by atoms with Gasteiger partial charge in [-0.15, -0.1) is 0 Å². The molecule has 0 spiro atoms. The van der Waals surface area contributed by atoms with E-state index < -0.39 is 42.7 Å². The van der Waals surface area contributed by atoms with Gasteiger partial charge in [0, 0.05) is 12.5 Å². The van der Waals surface area contributed by atoms with Crippen molar-refractivity contribution < 1.29 is 32.3 Å². The van der Waals surface area contributed by atoms with E-state index in [1.165, 1.54) is 6.92 Å². The highest BCUT2D eigenvalue weighted by atomic mass is 19.4. The van der Waals surface area contributed by atoms with Crippen molar-refractivity contribution in [1.29, 1.82) is 0 Å². The summed E-state index contributed by atoms with van der Waals surface area (Å²) in [7, 11) is 0. The molecule has 5 nitrogen and oxygen atoms in total. The molecule has 0 aromatic carbocycles. The molecule has 8 heteroatoms. The van der Waals surface area contributed by atoms with Crippen molar-refractivity contribution in [2.75, 3.05) is 13.2 Å². The third kappa shape index (κ3) is 6.21. The monoisotopic (exact) mass is 269 g/mol. The fourth-order valence-corrected chi connectivity index (χ4v) is 0.988. The standard InChI is InChI=1S/C10H14F3NO4/c1-3-18-8(16)4-7(15)6(2)5-14-9(17)10(11,12)13/h6H,3-5H2,1-2H3,(H,14,17). The number of alkyl halides is 3. The fraction of sp³-hybridized carbons (Fsp3) is 0.700. The van der Waals surface area contributed by atoms with Crippen LogP contribution in [0.25, 0.3) is 0 Å². The second kappa shape index (κ2) is 6.97. The van der Waals surface area contributed by atoms with Gasteiger partial charge in [0.2, 0.25) is 0 Å². The molecule has 0 radical (unpaired) electrons. The molecule has 0 aliphatic rings. The van der Waals surface area contributed by atoms with Crippen LogP contribution >= 0.6 is 0 Å². The van der Waals surface area contributed by atoms with Crippen molar-refractivity contribution in [3.8, 4) is 0 Å². The summed E-state index contributed by atoms with van der Waals surface area (Å²) >= 11 is 0. The molecule has 1 amide bonds. The number of carbonyl (C=O) groups excluding carboxylic acids is 3. The molecular formula is C10H14F3NO4. The van der Waals surface area contributed by atoms with Crippen LogP contribution in [0.5, 0.6) is 0 Å². The fourth-order valence-electron chi connectivity index (χ4n) is 0.988. The normalized spacial score (nSPS) is 12.7. The van der Waals surface area contributed by atoms with Crippen LogP contribution < -0.4 is 5.32 Å². The molecule has 0 fully saturated rings. The maximum Gasteiger partial charge on any atom is 0.471 e. The molecule has 104 valence electrons. The lowest BCUT2D eigenvalue weighted by molar-refractivity contribution is -0.173. The Labute approximate surface area is 102 Å². The molecule has 18 heavy (non-hydrogen) atoms. The Kier molecular flexibility index (Phi) is 6.35. The van der Waals surface area contributed by atoms with Crippen molar-refractivity contribution in [3.05, 3.63) is 0 Å². The van der Waals surface area contributed by atoms with Crippen LogP contribution in [0.15, 0.2) is 0 Å². The summed E-state index contributed by atoms with van der Waals surface area (Å²) in [5.74, 6) is -4.33. The summed E-state index contributed by atoms with van der Waals surface area (Å²) in [6.45, 7) is 2.52.